The van der Waals surface area contributed by atoms with Crippen LogP contribution in [0.5, 0.6) is 5.75 Å². The lowest BCUT2D eigenvalue weighted by Gasteiger charge is -1.98. The Morgan fingerprint density at radius 3 is 1.00 bits per heavy atom. The van der Waals surface area contributed by atoms with Crippen molar-refractivity contribution in [3.8, 4) is 16.9 Å². The summed E-state index contributed by atoms with van der Waals surface area (Å²) < 4.78 is 0. The van der Waals surface area contributed by atoms with Crippen molar-refractivity contribution in [2.24, 2.45) is 0 Å². The quantitative estimate of drug-likeness (QED) is 0.643. The first-order valence-electron chi connectivity index (χ1n) is 6.21. The average Bonchev–Trinajstić information content (AvgIpc) is 2.51. The predicted molar refractivity (Wildman–Crippen MR) is 85.7 cm³/mol. The van der Waals surface area contributed by atoms with E-state index in [1.54, 1.807) is 24.3 Å². The summed E-state index contributed by atoms with van der Waals surface area (Å²) >= 11 is 0. The number of rotatable bonds is 1. The zero-order chi connectivity index (χ0) is 13.3. The molecule has 1 N–H and O–H groups in total. The molecule has 0 saturated carbocycles. The van der Waals surface area contributed by atoms with E-state index in [1.165, 1.54) is 11.1 Å². The van der Waals surface area contributed by atoms with Gasteiger partial charge in [0, 0.05) is 8.41 Å². The Morgan fingerprint density at radius 1 is 0.450 bits per heavy atom. The topological polar surface area (TPSA) is 20.2 Å². The first kappa shape index (κ1) is 15.6. The summed E-state index contributed by atoms with van der Waals surface area (Å²) in [5.41, 5.74) is 2.55. The minimum absolute atomic E-state index is 0. The molecular formula is C18H16BO. The first-order valence-corrected chi connectivity index (χ1v) is 6.21. The summed E-state index contributed by atoms with van der Waals surface area (Å²) in [6, 6.07) is 29.5. The van der Waals surface area contributed by atoms with Crippen LogP contribution in [0.1, 0.15) is 0 Å². The van der Waals surface area contributed by atoms with Crippen LogP contribution in [0, 0.1) is 0 Å². The Morgan fingerprint density at radius 2 is 0.750 bits per heavy atom. The van der Waals surface area contributed by atoms with E-state index in [9.17, 15) is 0 Å². The van der Waals surface area contributed by atoms with Gasteiger partial charge in [-0.15, -0.1) is 0 Å². The molecule has 0 amide bonds. The van der Waals surface area contributed by atoms with Gasteiger partial charge < -0.3 is 5.11 Å². The van der Waals surface area contributed by atoms with Crippen LogP contribution in [-0.2, 0) is 0 Å². The second-order valence-corrected chi connectivity index (χ2v) is 4.07. The molecule has 0 aliphatic rings. The molecule has 0 heterocycles. The summed E-state index contributed by atoms with van der Waals surface area (Å²) in [7, 11) is 0. The standard InChI is InChI=1S/C12H10.C6H6O.B/c1-3-7-11(8-4-1)12-9-5-2-6-10-12;7-6-4-2-1-3-5-6;/h1-10H;1-5,7H;. The number of hydrogen-bond donors (Lipinski definition) is 1. The van der Waals surface area contributed by atoms with Crippen molar-refractivity contribution in [3.63, 3.8) is 0 Å². The predicted octanol–water partition coefficient (Wildman–Crippen LogP) is 4.37. The third-order valence-corrected chi connectivity index (χ3v) is 2.64. The van der Waals surface area contributed by atoms with Crippen molar-refractivity contribution >= 4 is 8.41 Å². The highest BCUT2D eigenvalue weighted by Crippen LogP contribution is 2.17. The summed E-state index contributed by atoms with van der Waals surface area (Å²) in [6.45, 7) is 0. The fourth-order valence-electron chi connectivity index (χ4n) is 1.69. The summed E-state index contributed by atoms with van der Waals surface area (Å²) in [5.74, 6) is 0.322. The van der Waals surface area contributed by atoms with Gasteiger partial charge in [-0.3, -0.25) is 0 Å². The maximum atomic E-state index is 8.63. The molecule has 20 heavy (non-hydrogen) atoms. The number of phenolic OH excluding ortho intramolecular Hbond substituents is 1. The van der Waals surface area contributed by atoms with Crippen LogP contribution in [0.15, 0.2) is 91.0 Å². The van der Waals surface area contributed by atoms with Crippen molar-refractivity contribution in [1.29, 1.82) is 0 Å². The molecule has 3 radical (unpaired) electrons. The molecule has 0 aliphatic carbocycles. The number of para-hydroxylation sites is 1. The minimum Gasteiger partial charge on any atom is -0.508 e. The number of aromatic hydroxyl groups is 1. The molecule has 0 atom stereocenters. The highest BCUT2D eigenvalue weighted by atomic mass is 16.3. The molecule has 0 bridgehead atoms. The van der Waals surface area contributed by atoms with Crippen molar-refractivity contribution in [1.82, 2.24) is 0 Å². The Labute approximate surface area is 122 Å². The van der Waals surface area contributed by atoms with E-state index in [4.69, 9.17) is 5.11 Å². The van der Waals surface area contributed by atoms with Crippen molar-refractivity contribution in [2.45, 2.75) is 0 Å². The van der Waals surface area contributed by atoms with Crippen LogP contribution in [0.2, 0.25) is 0 Å². The maximum Gasteiger partial charge on any atom is 0.115 e. The van der Waals surface area contributed by atoms with Gasteiger partial charge in [0.2, 0.25) is 0 Å². The van der Waals surface area contributed by atoms with Gasteiger partial charge in [0.15, 0.2) is 0 Å². The van der Waals surface area contributed by atoms with Crippen LogP contribution in [0.4, 0.5) is 0 Å². The van der Waals surface area contributed by atoms with Crippen molar-refractivity contribution in [3.05, 3.63) is 91.0 Å². The van der Waals surface area contributed by atoms with Crippen LogP contribution in [0.3, 0.4) is 0 Å². The summed E-state index contributed by atoms with van der Waals surface area (Å²) in [4.78, 5) is 0. The molecule has 0 spiro atoms. The van der Waals surface area contributed by atoms with E-state index < -0.39 is 0 Å². The Kier molecular flexibility index (Phi) is 6.70. The van der Waals surface area contributed by atoms with Gasteiger partial charge in [-0.25, -0.2) is 0 Å². The molecule has 0 fully saturated rings. The molecular weight excluding hydrogens is 243 g/mol. The van der Waals surface area contributed by atoms with Crippen LogP contribution in [0.25, 0.3) is 11.1 Å². The molecule has 2 heteroatoms. The highest BCUT2D eigenvalue weighted by Gasteiger charge is 1.91. The molecule has 0 unspecified atom stereocenters. The Balaban J connectivity index is 0.000000216. The monoisotopic (exact) mass is 259 g/mol. The average molecular weight is 259 g/mol. The zero-order valence-corrected chi connectivity index (χ0v) is 11.2. The largest absolute Gasteiger partial charge is 0.508 e. The van der Waals surface area contributed by atoms with Gasteiger partial charge in [0.25, 0.3) is 0 Å². The van der Waals surface area contributed by atoms with Gasteiger partial charge in [-0.05, 0) is 23.3 Å². The second kappa shape index (κ2) is 8.60. The molecule has 97 valence electrons. The van der Waals surface area contributed by atoms with Crippen LogP contribution < -0.4 is 0 Å². The number of hydrogen-bond acceptors (Lipinski definition) is 1. The summed E-state index contributed by atoms with van der Waals surface area (Å²) in [6.07, 6.45) is 0. The zero-order valence-electron chi connectivity index (χ0n) is 11.2. The van der Waals surface area contributed by atoms with Gasteiger partial charge in [0.1, 0.15) is 5.75 Å². The van der Waals surface area contributed by atoms with E-state index in [2.05, 4.69) is 48.5 Å². The van der Waals surface area contributed by atoms with Crippen molar-refractivity contribution in [2.75, 3.05) is 0 Å². The molecule has 0 aliphatic heterocycles. The SMILES string of the molecule is Oc1ccccc1.[B].c1ccc(-c2ccccc2)cc1. The van der Waals surface area contributed by atoms with E-state index in [0.29, 0.717) is 5.75 Å². The first-order chi connectivity index (χ1) is 9.36. The van der Waals surface area contributed by atoms with Crippen LogP contribution >= 0.6 is 0 Å². The normalized spacial score (nSPS) is 8.80. The smallest absolute Gasteiger partial charge is 0.115 e. The van der Waals surface area contributed by atoms with Gasteiger partial charge in [0.05, 0.1) is 0 Å². The maximum absolute atomic E-state index is 8.63. The molecule has 0 saturated heterocycles. The third kappa shape index (κ3) is 5.03. The third-order valence-electron chi connectivity index (χ3n) is 2.64. The fourth-order valence-corrected chi connectivity index (χ4v) is 1.69. The van der Waals surface area contributed by atoms with Crippen molar-refractivity contribution < 1.29 is 5.11 Å². The lowest BCUT2D eigenvalue weighted by Crippen LogP contribution is -1.73. The molecule has 0 aromatic heterocycles. The summed E-state index contributed by atoms with van der Waals surface area (Å²) in [5, 5.41) is 8.63. The lowest BCUT2D eigenvalue weighted by atomic mass is 10.1. The highest BCUT2D eigenvalue weighted by molar-refractivity contribution is 5.75. The molecule has 3 aromatic rings. The van der Waals surface area contributed by atoms with Gasteiger partial charge >= 0.3 is 0 Å². The van der Waals surface area contributed by atoms with E-state index >= 15 is 0 Å². The molecule has 1 nitrogen and oxygen atoms in total. The Bertz CT molecular complexity index is 542. The van der Waals surface area contributed by atoms with Gasteiger partial charge in [-0.1, -0.05) is 78.9 Å². The van der Waals surface area contributed by atoms with Gasteiger partial charge in [-0.2, -0.15) is 0 Å². The van der Waals surface area contributed by atoms with E-state index in [-0.39, 0.29) is 8.41 Å². The number of benzene rings is 3. The number of phenols is 1. The Hall–Kier alpha value is -2.48. The second-order valence-electron chi connectivity index (χ2n) is 4.07. The lowest BCUT2D eigenvalue weighted by molar-refractivity contribution is 0.475. The minimum atomic E-state index is 0. The van der Waals surface area contributed by atoms with E-state index in [1.807, 2.05) is 18.2 Å². The fraction of sp³-hybridized carbons (Fsp3) is 0. The molecule has 3 rings (SSSR count). The molecule has 3 aromatic carbocycles. The van der Waals surface area contributed by atoms with Crippen LogP contribution in [-0.4, -0.2) is 13.5 Å². The van der Waals surface area contributed by atoms with E-state index in [0.717, 1.165) is 0 Å².